The maximum absolute atomic E-state index is 13.2. The van der Waals surface area contributed by atoms with Gasteiger partial charge in [-0.15, -0.1) is 0 Å². The molecule has 28 heavy (non-hydrogen) atoms. The van der Waals surface area contributed by atoms with Crippen LogP contribution < -0.4 is 0 Å². The predicted molar refractivity (Wildman–Crippen MR) is 107 cm³/mol. The summed E-state index contributed by atoms with van der Waals surface area (Å²) in [6.07, 6.45) is 6.45. The second-order valence-electron chi connectivity index (χ2n) is 8.07. The number of H-pyrrole nitrogens is 1. The highest BCUT2D eigenvalue weighted by atomic mass is 16.2. The van der Waals surface area contributed by atoms with Gasteiger partial charge in [0.05, 0.1) is 34.9 Å². The molecule has 146 valence electrons. The number of piperidine rings is 1. The van der Waals surface area contributed by atoms with Crippen molar-refractivity contribution in [2.45, 2.75) is 37.8 Å². The van der Waals surface area contributed by atoms with Crippen molar-refractivity contribution in [1.29, 1.82) is 0 Å². The number of imidazole rings is 2. The van der Waals surface area contributed by atoms with E-state index in [1.165, 1.54) is 11.4 Å². The first kappa shape index (κ1) is 17.4. The van der Waals surface area contributed by atoms with E-state index in [4.69, 9.17) is 0 Å². The van der Waals surface area contributed by atoms with Crippen molar-refractivity contribution in [3.8, 4) is 0 Å². The zero-order chi connectivity index (χ0) is 19.3. The summed E-state index contributed by atoms with van der Waals surface area (Å²) in [6, 6.07) is 7.70. The first-order valence-corrected chi connectivity index (χ1v) is 10.0. The average Bonchev–Trinajstić information content (AvgIpc) is 3.38. The molecule has 5 rings (SSSR count). The summed E-state index contributed by atoms with van der Waals surface area (Å²) in [6.45, 7) is 4.51. The summed E-state index contributed by atoms with van der Waals surface area (Å²) in [5.41, 5.74) is 4.33. The van der Waals surface area contributed by atoms with Crippen molar-refractivity contribution in [3.05, 3.63) is 48.3 Å². The minimum Gasteiger partial charge on any atom is -0.348 e. The largest absolute Gasteiger partial charge is 0.348 e. The fraction of sp³-hybridized carbons (Fsp3) is 0.476. The van der Waals surface area contributed by atoms with Gasteiger partial charge in [0.2, 0.25) is 5.91 Å². The molecule has 2 aliphatic heterocycles. The molecule has 1 spiro atoms. The number of carbonyl (C=O) groups excluding carboxylic acids is 1. The monoisotopic (exact) mass is 378 g/mol. The lowest BCUT2D eigenvalue weighted by atomic mass is 9.79. The minimum absolute atomic E-state index is 0.0463. The Labute approximate surface area is 164 Å². The molecule has 7 heteroatoms. The average molecular weight is 378 g/mol. The van der Waals surface area contributed by atoms with Crippen LogP contribution in [0.5, 0.6) is 0 Å². The summed E-state index contributed by atoms with van der Waals surface area (Å²) in [4.78, 5) is 30.1. The summed E-state index contributed by atoms with van der Waals surface area (Å²) in [5, 5.41) is 0. The van der Waals surface area contributed by atoms with E-state index in [-0.39, 0.29) is 17.5 Å². The summed E-state index contributed by atoms with van der Waals surface area (Å²) >= 11 is 0. The molecule has 4 heterocycles. The van der Waals surface area contributed by atoms with Crippen molar-refractivity contribution in [1.82, 2.24) is 29.3 Å². The fourth-order valence-electron chi connectivity index (χ4n) is 4.97. The number of hydrogen-bond donors (Lipinski definition) is 1. The van der Waals surface area contributed by atoms with Gasteiger partial charge in [-0.05, 0) is 38.9 Å². The molecule has 1 atom stereocenters. The van der Waals surface area contributed by atoms with Gasteiger partial charge in [0.15, 0.2) is 0 Å². The van der Waals surface area contributed by atoms with E-state index in [0.717, 1.165) is 49.9 Å². The van der Waals surface area contributed by atoms with Crippen LogP contribution in [-0.2, 0) is 16.8 Å². The second kappa shape index (κ2) is 6.44. The molecule has 7 nitrogen and oxygen atoms in total. The first-order valence-electron chi connectivity index (χ1n) is 10.0. The van der Waals surface area contributed by atoms with E-state index in [0.29, 0.717) is 0 Å². The molecule has 1 fully saturated rings. The lowest BCUT2D eigenvalue weighted by molar-refractivity contribution is -0.137. The third kappa shape index (κ3) is 2.49. The van der Waals surface area contributed by atoms with Crippen LogP contribution in [0.1, 0.15) is 37.2 Å². The number of aromatic amines is 1. The van der Waals surface area contributed by atoms with E-state index >= 15 is 0 Å². The topological polar surface area (TPSA) is 70.1 Å². The number of aromatic nitrogens is 4. The number of rotatable bonds is 2. The molecule has 0 unspecified atom stereocenters. The highest BCUT2D eigenvalue weighted by Crippen LogP contribution is 2.41. The maximum atomic E-state index is 13.2. The number of likely N-dealkylation sites (N-methyl/N-ethyl adjacent to an activating group) is 1. The maximum Gasteiger partial charge on any atom is 0.245 e. The summed E-state index contributed by atoms with van der Waals surface area (Å²) < 4.78 is 1.99. The fourth-order valence-corrected chi connectivity index (χ4v) is 4.97. The summed E-state index contributed by atoms with van der Waals surface area (Å²) in [5.74, 6) is 0.165. The van der Waals surface area contributed by atoms with Gasteiger partial charge in [-0.3, -0.25) is 9.69 Å². The lowest BCUT2D eigenvalue weighted by Crippen LogP contribution is -2.56. The number of benzene rings is 1. The minimum atomic E-state index is -0.258. The molecule has 1 aromatic carbocycles. The van der Waals surface area contributed by atoms with Gasteiger partial charge < -0.3 is 14.5 Å². The zero-order valence-corrected chi connectivity index (χ0v) is 16.4. The zero-order valence-electron chi connectivity index (χ0n) is 16.4. The van der Waals surface area contributed by atoms with Crippen LogP contribution in [0, 0.1) is 0 Å². The Bertz CT molecular complexity index is 1010. The van der Waals surface area contributed by atoms with Gasteiger partial charge in [-0.25, -0.2) is 9.97 Å². The van der Waals surface area contributed by atoms with Crippen LogP contribution in [0.15, 0.2) is 36.9 Å². The number of hydrogen-bond acceptors (Lipinski definition) is 4. The molecule has 0 aliphatic carbocycles. The Morgan fingerprint density at radius 2 is 1.96 bits per heavy atom. The normalized spacial score (nSPS) is 20.4. The van der Waals surface area contributed by atoms with Gasteiger partial charge in [0, 0.05) is 31.7 Å². The van der Waals surface area contributed by atoms with Crippen LogP contribution in [-0.4, -0.2) is 61.9 Å². The van der Waals surface area contributed by atoms with Crippen LogP contribution in [0.4, 0.5) is 0 Å². The number of para-hydroxylation sites is 2. The molecular formula is C21H26N6O. The Hall–Kier alpha value is -2.67. The van der Waals surface area contributed by atoms with Crippen molar-refractivity contribution in [2.24, 2.45) is 0 Å². The second-order valence-corrected chi connectivity index (χ2v) is 8.07. The van der Waals surface area contributed by atoms with Crippen LogP contribution >= 0.6 is 0 Å². The molecule has 1 amide bonds. The van der Waals surface area contributed by atoms with E-state index in [1.807, 2.05) is 47.0 Å². The van der Waals surface area contributed by atoms with Crippen molar-refractivity contribution in [3.63, 3.8) is 0 Å². The number of likely N-dealkylation sites (tertiary alicyclic amines) is 1. The van der Waals surface area contributed by atoms with E-state index in [9.17, 15) is 4.79 Å². The highest BCUT2D eigenvalue weighted by Gasteiger charge is 2.46. The standard InChI is InChI=1S/C21H26N6O/c1-15(27-14-24-16-5-3-4-6-18(16)27)20(28)26-11-8-21(9-12-26)19-17(22-13-23-19)7-10-25(21)2/h3-6,13-15H,7-12H2,1-2H3,(H,22,23)/t15-/m1/s1. The Balaban J connectivity index is 1.35. The smallest absolute Gasteiger partial charge is 0.245 e. The van der Waals surface area contributed by atoms with Gasteiger partial charge in [-0.1, -0.05) is 12.1 Å². The van der Waals surface area contributed by atoms with Gasteiger partial charge in [-0.2, -0.15) is 0 Å². The molecule has 1 saturated heterocycles. The van der Waals surface area contributed by atoms with E-state index < -0.39 is 0 Å². The molecule has 1 N–H and O–H groups in total. The third-order valence-corrected chi connectivity index (χ3v) is 6.75. The van der Waals surface area contributed by atoms with Crippen LogP contribution in [0.25, 0.3) is 11.0 Å². The van der Waals surface area contributed by atoms with E-state index in [2.05, 4.69) is 26.9 Å². The van der Waals surface area contributed by atoms with Gasteiger partial charge in [0.25, 0.3) is 0 Å². The first-order chi connectivity index (χ1) is 13.6. The Morgan fingerprint density at radius 1 is 1.18 bits per heavy atom. The van der Waals surface area contributed by atoms with Crippen molar-refractivity contribution < 1.29 is 4.79 Å². The Morgan fingerprint density at radius 3 is 2.79 bits per heavy atom. The lowest BCUT2D eigenvalue weighted by Gasteiger charge is -2.49. The highest BCUT2D eigenvalue weighted by molar-refractivity contribution is 5.83. The molecule has 2 aliphatic rings. The number of nitrogens with zero attached hydrogens (tertiary/aromatic N) is 5. The quantitative estimate of drug-likeness (QED) is 0.743. The number of fused-ring (bicyclic) bond motifs is 3. The van der Waals surface area contributed by atoms with Gasteiger partial charge >= 0.3 is 0 Å². The number of amides is 1. The van der Waals surface area contributed by atoms with Crippen LogP contribution in [0.3, 0.4) is 0 Å². The Kier molecular flexibility index (Phi) is 4.01. The third-order valence-electron chi connectivity index (χ3n) is 6.75. The molecule has 2 aromatic heterocycles. The molecule has 0 saturated carbocycles. The van der Waals surface area contributed by atoms with Gasteiger partial charge in [0.1, 0.15) is 6.04 Å². The molecule has 0 radical (unpaired) electrons. The molecular weight excluding hydrogens is 352 g/mol. The van der Waals surface area contributed by atoms with Crippen LogP contribution in [0.2, 0.25) is 0 Å². The predicted octanol–water partition coefficient (Wildman–Crippen LogP) is 2.33. The van der Waals surface area contributed by atoms with Crippen molar-refractivity contribution in [2.75, 3.05) is 26.7 Å². The number of carbonyl (C=O) groups is 1. The number of nitrogens with one attached hydrogen (secondary N) is 1. The molecule has 0 bridgehead atoms. The molecule has 3 aromatic rings. The van der Waals surface area contributed by atoms with Crippen molar-refractivity contribution >= 4 is 16.9 Å². The van der Waals surface area contributed by atoms with E-state index in [1.54, 1.807) is 6.33 Å². The SMILES string of the molecule is C[C@H](C(=O)N1CCC2(CC1)c1nc[nH]c1CCN2C)n1cnc2ccccc21. The summed E-state index contributed by atoms with van der Waals surface area (Å²) in [7, 11) is 2.19.